The van der Waals surface area contributed by atoms with Crippen LogP contribution in [0.15, 0.2) is 0 Å². The quantitative estimate of drug-likeness (QED) is 0.471. The maximum absolute atomic E-state index is 10.9. The van der Waals surface area contributed by atoms with Gasteiger partial charge in [0.25, 0.3) is 0 Å². The predicted octanol–water partition coefficient (Wildman–Crippen LogP) is 4.56. The van der Waals surface area contributed by atoms with Crippen molar-refractivity contribution in [3.8, 4) is 0 Å². The third-order valence-electron chi connectivity index (χ3n) is 1.82. The maximum atomic E-state index is 10.9. The largest absolute Gasteiger partial charge is 0.481 e. The molecule has 0 fully saturated rings. The van der Waals surface area contributed by atoms with E-state index in [0.717, 1.165) is 0 Å². The van der Waals surface area contributed by atoms with Gasteiger partial charge < -0.3 is 14.2 Å². The van der Waals surface area contributed by atoms with Crippen molar-refractivity contribution in [2.24, 2.45) is 5.92 Å². The molecular weight excluding hydrogens is 291 g/mol. The average Bonchev–Trinajstić information content (AvgIpc) is 2.21. The first-order valence-electron chi connectivity index (χ1n) is 6.02. The number of hydrogen-bond donors (Lipinski definition) is 1. The van der Waals surface area contributed by atoms with Crippen LogP contribution in [0.5, 0.6) is 0 Å². The van der Waals surface area contributed by atoms with Crippen molar-refractivity contribution >= 4 is 34.8 Å². The molecule has 1 unspecified atom stereocenters. The number of rotatable bonds is 10. The van der Waals surface area contributed by atoms with E-state index in [0.29, 0.717) is 12.2 Å². The van der Waals surface area contributed by atoms with E-state index in [4.69, 9.17) is 14.2 Å². The second-order valence-electron chi connectivity index (χ2n) is 4.33. The van der Waals surface area contributed by atoms with E-state index in [2.05, 4.69) is 0 Å². The van der Waals surface area contributed by atoms with Gasteiger partial charge in [0, 0.05) is 5.75 Å². The van der Waals surface area contributed by atoms with Gasteiger partial charge in [0.05, 0.1) is 18.1 Å². The third-order valence-corrected chi connectivity index (χ3v) is 7.42. The van der Waals surface area contributed by atoms with Gasteiger partial charge in [-0.25, -0.2) is 0 Å². The van der Waals surface area contributed by atoms with Crippen LogP contribution in [0.3, 0.4) is 0 Å². The first-order valence-corrected chi connectivity index (χ1v) is 10.1. The van der Waals surface area contributed by atoms with Gasteiger partial charge in [0.2, 0.25) is 7.58 Å². The summed E-state index contributed by atoms with van der Waals surface area (Å²) >= 11 is 0. The van der Waals surface area contributed by atoms with E-state index < -0.39 is 13.5 Å². The molecular formula is C11H23O4PS2. The lowest BCUT2D eigenvalue weighted by molar-refractivity contribution is -0.140. The number of hydrogen-bond acceptors (Lipinski definition) is 5. The minimum Gasteiger partial charge on any atom is -0.481 e. The van der Waals surface area contributed by atoms with Crippen molar-refractivity contribution in [2.75, 3.05) is 5.75 Å². The topological polar surface area (TPSA) is 55.8 Å². The van der Waals surface area contributed by atoms with Crippen LogP contribution < -0.4 is 0 Å². The fourth-order valence-corrected chi connectivity index (χ4v) is 6.55. The average molecular weight is 314 g/mol. The highest BCUT2D eigenvalue weighted by atomic mass is 33.3. The molecule has 0 heterocycles. The van der Waals surface area contributed by atoms with Gasteiger partial charge in [-0.1, -0.05) is 17.7 Å². The molecule has 0 saturated heterocycles. The summed E-state index contributed by atoms with van der Waals surface area (Å²) in [7, 11) is 2.03. The Kier molecular flexibility index (Phi) is 10.6. The zero-order valence-corrected chi connectivity index (χ0v) is 14.1. The van der Waals surface area contributed by atoms with E-state index in [1.165, 1.54) is 21.2 Å². The minimum atomic E-state index is -1.01. The lowest BCUT2D eigenvalue weighted by atomic mass is 10.1. The molecule has 0 bridgehead atoms. The fourth-order valence-electron chi connectivity index (χ4n) is 0.924. The van der Waals surface area contributed by atoms with Crippen LogP contribution in [0.4, 0.5) is 0 Å². The molecule has 0 saturated carbocycles. The van der Waals surface area contributed by atoms with Crippen molar-refractivity contribution in [3.05, 3.63) is 0 Å². The predicted molar refractivity (Wildman–Crippen MR) is 80.8 cm³/mol. The lowest BCUT2D eigenvalue weighted by Gasteiger charge is -2.20. The van der Waals surface area contributed by atoms with Gasteiger partial charge in [-0.2, -0.15) is 0 Å². The second-order valence-corrected chi connectivity index (χ2v) is 9.31. The van der Waals surface area contributed by atoms with E-state index in [1.807, 2.05) is 34.6 Å². The Morgan fingerprint density at radius 2 is 1.72 bits per heavy atom. The molecule has 0 radical (unpaired) electrons. The van der Waals surface area contributed by atoms with Crippen LogP contribution >= 0.6 is 28.8 Å². The summed E-state index contributed by atoms with van der Waals surface area (Å²) in [5, 5.41) is 8.95. The molecule has 1 atom stereocenters. The summed E-state index contributed by atoms with van der Waals surface area (Å²) in [6.07, 6.45) is 0.880. The Hall–Kier alpha value is 0.520. The molecule has 0 spiro atoms. The molecule has 0 rings (SSSR count). The number of carboxylic acids is 1. The van der Waals surface area contributed by atoms with Gasteiger partial charge in [0.15, 0.2) is 0 Å². The molecule has 18 heavy (non-hydrogen) atoms. The summed E-state index contributed by atoms with van der Waals surface area (Å²) in [5.41, 5.74) is 0. The summed E-state index contributed by atoms with van der Waals surface area (Å²) in [5.74, 6) is -0.444. The first kappa shape index (κ1) is 18.5. The van der Waals surface area contributed by atoms with Crippen LogP contribution in [0, 0.1) is 5.92 Å². The van der Waals surface area contributed by atoms with Crippen LogP contribution in [-0.2, 0) is 13.8 Å². The maximum Gasteiger partial charge on any atom is 0.307 e. The van der Waals surface area contributed by atoms with Crippen LogP contribution in [0.2, 0.25) is 0 Å². The molecule has 0 aliphatic rings. The molecule has 108 valence electrons. The first-order chi connectivity index (χ1) is 8.36. The highest BCUT2D eigenvalue weighted by Crippen LogP contribution is 2.59. The Balaban J connectivity index is 4.05. The molecule has 0 aromatic heterocycles. The highest BCUT2D eigenvalue weighted by Gasteiger charge is 2.20. The smallest absolute Gasteiger partial charge is 0.307 e. The van der Waals surface area contributed by atoms with Crippen LogP contribution in [-0.4, -0.2) is 29.0 Å². The summed E-state index contributed by atoms with van der Waals surface area (Å²) in [6, 6.07) is 0. The van der Waals surface area contributed by atoms with E-state index >= 15 is 0 Å². The van der Waals surface area contributed by atoms with Crippen LogP contribution in [0.1, 0.15) is 41.0 Å². The molecule has 0 aromatic rings. The second kappa shape index (κ2) is 10.3. The Labute approximate surface area is 119 Å². The fraction of sp³-hybridized carbons (Fsp3) is 0.909. The van der Waals surface area contributed by atoms with Crippen molar-refractivity contribution in [2.45, 2.75) is 53.2 Å². The van der Waals surface area contributed by atoms with E-state index in [9.17, 15) is 4.79 Å². The summed E-state index contributed by atoms with van der Waals surface area (Å²) < 4.78 is 11.3. The van der Waals surface area contributed by atoms with E-state index in [1.54, 1.807) is 0 Å². The number of carbonyl (C=O) groups is 1. The number of aliphatic carboxylic acids is 1. The Morgan fingerprint density at radius 1 is 1.22 bits per heavy atom. The minimum absolute atomic E-state index is 0.115. The zero-order valence-electron chi connectivity index (χ0n) is 11.6. The molecule has 0 amide bonds. The SMILES string of the molecule is CCC(CSSP(OC(C)C)OC(C)C)C(=O)O. The Bertz CT molecular complexity index is 229. The lowest BCUT2D eigenvalue weighted by Crippen LogP contribution is -2.14. The normalized spacial score (nSPS) is 13.6. The monoisotopic (exact) mass is 314 g/mol. The van der Waals surface area contributed by atoms with Crippen molar-refractivity contribution in [3.63, 3.8) is 0 Å². The highest BCUT2D eigenvalue weighted by molar-refractivity contribution is 8.97. The van der Waals surface area contributed by atoms with E-state index in [-0.39, 0.29) is 18.1 Å². The van der Waals surface area contributed by atoms with Gasteiger partial charge in [0.1, 0.15) is 0 Å². The van der Waals surface area contributed by atoms with Crippen molar-refractivity contribution in [1.82, 2.24) is 0 Å². The molecule has 0 aliphatic heterocycles. The zero-order chi connectivity index (χ0) is 14.1. The molecule has 4 nitrogen and oxygen atoms in total. The van der Waals surface area contributed by atoms with Crippen LogP contribution in [0.25, 0.3) is 0 Å². The third kappa shape index (κ3) is 9.45. The van der Waals surface area contributed by atoms with Gasteiger partial charge in [-0.3, -0.25) is 4.79 Å². The van der Waals surface area contributed by atoms with Crippen molar-refractivity contribution in [1.29, 1.82) is 0 Å². The van der Waals surface area contributed by atoms with Gasteiger partial charge in [-0.15, -0.1) is 0 Å². The summed E-state index contributed by atoms with van der Waals surface area (Å²) in [4.78, 5) is 10.9. The van der Waals surface area contributed by atoms with Gasteiger partial charge >= 0.3 is 5.97 Å². The van der Waals surface area contributed by atoms with Crippen molar-refractivity contribution < 1.29 is 18.9 Å². The summed E-state index contributed by atoms with van der Waals surface area (Å²) in [6.45, 7) is 9.77. The van der Waals surface area contributed by atoms with Gasteiger partial charge in [-0.05, 0) is 44.5 Å². The number of carboxylic acid groups (broad SMARTS) is 1. The molecule has 0 aromatic carbocycles. The Morgan fingerprint density at radius 3 is 2.06 bits per heavy atom. The molecule has 7 heteroatoms. The molecule has 0 aliphatic carbocycles. The standard InChI is InChI=1S/C11H23O4PS2/c1-6-10(11(12)13)7-17-18-16(14-8(2)3)15-9(4)5/h8-10H,6-7H2,1-5H3,(H,12,13). The molecule has 1 N–H and O–H groups in total.